The summed E-state index contributed by atoms with van der Waals surface area (Å²) in [7, 11) is 0. The molecule has 1 aliphatic heterocycles. The van der Waals surface area contributed by atoms with E-state index in [0.717, 1.165) is 32.4 Å². The van der Waals surface area contributed by atoms with E-state index >= 15 is 0 Å². The van der Waals surface area contributed by atoms with Crippen LogP contribution in [0.1, 0.15) is 46.5 Å². The van der Waals surface area contributed by atoms with Crippen molar-refractivity contribution in [3.05, 3.63) is 0 Å². The first kappa shape index (κ1) is 12.5. The van der Waals surface area contributed by atoms with Crippen molar-refractivity contribution in [3.63, 3.8) is 0 Å². The third-order valence-electron chi connectivity index (χ3n) is 3.41. The molecule has 0 aromatic rings. The van der Waals surface area contributed by atoms with E-state index in [1.165, 1.54) is 0 Å². The Morgan fingerprint density at radius 3 is 2.73 bits per heavy atom. The average Bonchev–Trinajstić information content (AvgIpc) is 2.18. The second-order valence-electron chi connectivity index (χ2n) is 5.30. The summed E-state index contributed by atoms with van der Waals surface area (Å²) in [5.74, 6) is 0.303. The maximum atomic E-state index is 11.8. The van der Waals surface area contributed by atoms with Gasteiger partial charge in [0, 0.05) is 25.6 Å². The van der Waals surface area contributed by atoms with Crippen molar-refractivity contribution in [2.75, 3.05) is 13.1 Å². The number of hydrogen-bond acceptors (Lipinski definition) is 2. The quantitative estimate of drug-likeness (QED) is 0.775. The van der Waals surface area contributed by atoms with Gasteiger partial charge in [-0.15, -0.1) is 0 Å². The summed E-state index contributed by atoms with van der Waals surface area (Å²) >= 11 is 0. The SMILES string of the molecule is CCCCC(=O)N1CCC(N)C(C)(C)C1. The summed E-state index contributed by atoms with van der Waals surface area (Å²) in [5, 5.41) is 0. The number of piperidine rings is 1. The number of amides is 1. The lowest BCUT2D eigenvalue weighted by Gasteiger charge is -2.42. The minimum Gasteiger partial charge on any atom is -0.342 e. The summed E-state index contributed by atoms with van der Waals surface area (Å²) in [6.45, 7) is 8.07. The minimum absolute atomic E-state index is 0.0696. The van der Waals surface area contributed by atoms with Crippen LogP contribution in [0.2, 0.25) is 0 Å². The number of carbonyl (C=O) groups excluding carboxylic acids is 1. The van der Waals surface area contributed by atoms with Crippen molar-refractivity contribution in [1.82, 2.24) is 4.90 Å². The molecule has 0 aliphatic carbocycles. The normalized spacial score (nSPS) is 25.3. The molecule has 0 bridgehead atoms. The Morgan fingerprint density at radius 2 is 2.20 bits per heavy atom. The monoisotopic (exact) mass is 212 g/mol. The number of nitrogens with two attached hydrogens (primary N) is 1. The highest BCUT2D eigenvalue weighted by molar-refractivity contribution is 5.76. The van der Waals surface area contributed by atoms with E-state index in [1.807, 2.05) is 4.90 Å². The van der Waals surface area contributed by atoms with Gasteiger partial charge in [0.15, 0.2) is 0 Å². The first-order valence-corrected chi connectivity index (χ1v) is 6.00. The Labute approximate surface area is 93.0 Å². The van der Waals surface area contributed by atoms with Crippen LogP contribution < -0.4 is 5.73 Å². The smallest absolute Gasteiger partial charge is 0.222 e. The van der Waals surface area contributed by atoms with E-state index in [0.29, 0.717) is 12.3 Å². The van der Waals surface area contributed by atoms with Crippen LogP contribution in [0.25, 0.3) is 0 Å². The Kier molecular flexibility index (Phi) is 4.14. The first-order chi connectivity index (χ1) is 6.97. The van der Waals surface area contributed by atoms with Crippen LogP contribution in [0.15, 0.2) is 0 Å². The van der Waals surface area contributed by atoms with Gasteiger partial charge >= 0.3 is 0 Å². The van der Waals surface area contributed by atoms with Crippen LogP contribution in [-0.2, 0) is 4.79 Å². The van der Waals surface area contributed by atoms with Gasteiger partial charge in [0.2, 0.25) is 5.91 Å². The first-order valence-electron chi connectivity index (χ1n) is 6.00. The fourth-order valence-electron chi connectivity index (χ4n) is 2.07. The zero-order valence-corrected chi connectivity index (χ0v) is 10.3. The van der Waals surface area contributed by atoms with Gasteiger partial charge in [0.1, 0.15) is 0 Å². The summed E-state index contributed by atoms with van der Waals surface area (Å²) < 4.78 is 0. The zero-order chi connectivity index (χ0) is 11.5. The molecule has 3 heteroatoms. The van der Waals surface area contributed by atoms with E-state index in [-0.39, 0.29) is 11.5 Å². The van der Waals surface area contributed by atoms with E-state index < -0.39 is 0 Å². The highest BCUT2D eigenvalue weighted by Crippen LogP contribution is 2.28. The zero-order valence-electron chi connectivity index (χ0n) is 10.3. The minimum atomic E-state index is 0.0696. The third kappa shape index (κ3) is 3.20. The van der Waals surface area contributed by atoms with Gasteiger partial charge in [-0.05, 0) is 18.3 Å². The van der Waals surface area contributed by atoms with E-state index in [4.69, 9.17) is 5.73 Å². The predicted molar refractivity (Wildman–Crippen MR) is 62.5 cm³/mol. The highest BCUT2D eigenvalue weighted by Gasteiger charge is 2.34. The van der Waals surface area contributed by atoms with Gasteiger partial charge in [-0.2, -0.15) is 0 Å². The van der Waals surface area contributed by atoms with Gasteiger partial charge in [0.05, 0.1) is 0 Å². The molecule has 1 rings (SSSR count). The Morgan fingerprint density at radius 1 is 1.53 bits per heavy atom. The molecule has 88 valence electrons. The summed E-state index contributed by atoms with van der Waals surface area (Å²) in [6, 6.07) is 0.229. The molecule has 1 unspecified atom stereocenters. The van der Waals surface area contributed by atoms with Crippen molar-refractivity contribution in [2.45, 2.75) is 52.5 Å². The molecule has 1 atom stereocenters. The molecule has 0 radical (unpaired) electrons. The van der Waals surface area contributed by atoms with Crippen LogP contribution in [0.5, 0.6) is 0 Å². The van der Waals surface area contributed by atoms with Crippen LogP contribution in [0.3, 0.4) is 0 Å². The molecule has 0 aromatic heterocycles. The lowest BCUT2D eigenvalue weighted by molar-refractivity contribution is -0.134. The van der Waals surface area contributed by atoms with Crippen molar-refractivity contribution < 1.29 is 4.79 Å². The Balaban J connectivity index is 2.48. The van der Waals surface area contributed by atoms with Crippen LogP contribution in [0, 0.1) is 5.41 Å². The lowest BCUT2D eigenvalue weighted by atomic mass is 9.79. The molecule has 1 aliphatic rings. The molecule has 1 fully saturated rings. The van der Waals surface area contributed by atoms with Crippen molar-refractivity contribution in [3.8, 4) is 0 Å². The third-order valence-corrected chi connectivity index (χ3v) is 3.41. The standard InChI is InChI=1S/C12H24N2O/c1-4-5-6-11(15)14-8-7-10(13)12(2,3)9-14/h10H,4-9,13H2,1-3H3. The number of carbonyl (C=O) groups is 1. The van der Waals surface area contributed by atoms with Crippen LogP contribution in [-0.4, -0.2) is 29.9 Å². The molecule has 1 amide bonds. The number of unbranched alkanes of at least 4 members (excludes halogenated alkanes) is 1. The summed E-state index contributed by atoms with van der Waals surface area (Å²) in [4.78, 5) is 13.8. The topological polar surface area (TPSA) is 46.3 Å². The molecule has 0 spiro atoms. The molecule has 0 saturated carbocycles. The maximum Gasteiger partial charge on any atom is 0.222 e. The molecule has 3 nitrogen and oxygen atoms in total. The van der Waals surface area contributed by atoms with E-state index in [9.17, 15) is 4.79 Å². The van der Waals surface area contributed by atoms with Crippen LogP contribution >= 0.6 is 0 Å². The van der Waals surface area contributed by atoms with Gasteiger partial charge in [-0.3, -0.25) is 4.79 Å². The summed E-state index contributed by atoms with van der Waals surface area (Å²) in [5.41, 5.74) is 6.11. The number of likely N-dealkylation sites (tertiary alicyclic amines) is 1. The fraction of sp³-hybridized carbons (Fsp3) is 0.917. The number of nitrogens with zero attached hydrogens (tertiary/aromatic N) is 1. The highest BCUT2D eigenvalue weighted by atomic mass is 16.2. The van der Waals surface area contributed by atoms with E-state index in [2.05, 4.69) is 20.8 Å². The Bertz CT molecular complexity index is 226. The van der Waals surface area contributed by atoms with E-state index in [1.54, 1.807) is 0 Å². The largest absolute Gasteiger partial charge is 0.342 e. The molecule has 15 heavy (non-hydrogen) atoms. The molecule has 1 saturated heterocycles. The molecule has 0 aromatic carbocycles. The molecular formula is C12H24N2O. The molecular weight excluding hydrogens is 188 g/mol. The Hall–Kier alpha value is -0.570. The predicted octanol–water partition coefficient (Wildman–Crippen LogP) is 1.76. The number of hydrogen-bond donors (Lipinski definition) is 1. The fourth-order valence-corrected chi connectivity index (χ4v) is 2.07. The average molecular weight is 212 g/mol. The van der Waals surface area contributed by atoms with Gasteiger partial charge < -0.3 is 10.6 Å². The maximum absolute atomic E-state index is 11.8. The second kappa shape index (κ2) is 4.97. The van der Waals surface area contributed by atoms with Crippen molar-refractivity contribution in [1.29, 1.82) is 0 Å². The lowest BCUT2D eigenvalue weighted by Crippen LogP contribution is -2.53. The van der Waals surface area contributed by atoms with Crippen molar-refractivity contribution in [2.24, 2.45) is 11.1 Å². The summed E-state index contributed by atoms with van der Waals surface area (Å²) in [6.07, 6.45) is 3.72. The van der Waals surface area contributed by atoms with Gasteiger partial charge in [-0.1, -0.05) is 27.2 Å². The van der Waals surface area contributed by atoms with Crippen molar-refractivity contribution >= 4 is 5.91 Å². The van der Waals surface area contributed by atoms with Gasteiger partial charge in [-0.25, -0.2) is 0 Å². The molecule has 2 N–H and O–H groups in total. The molecule has 1 heterocycles. The van der Waals surface area contributed by atoms with Crippen LogP contribution in [0.4, 0.5) is 0 Å². The second-order valence-corrected chi connectivity index (χ2v) is 5.30. The number of rotatable bonds is 3. The van der Waals surface area contributed by atoms with Gasteiger partial charge in [0.25, 0.3) is 0 Å².